The van der Waals surface area contributed by atoms with Gasteiger partial charge in [-0.15, -0.1) is 0 Å². The van der Waals surface area contributed by atoms with Gasteiger partial charge in [0.15, 0.2) is 5.78 Å². The highest BCUT2D eigenvalue weighted by atomic mass is 16.6. The first-order chi connectivity index (χ1) is 13.8. The van der Waals surface area contributed by atoms with E-state index in [0.29, 0.717) is 12.2 Å². The van der Waals surface area contributed by atoms with Gasteiger partial charge in [-0.1, -0.05) is 52.8 Å². The predicted octanol–water partition coefficient (Wildman–Crippen LogP) is 4.21. The molecule has 0 aliphatic carbocycles. The minimum absolute atomic E-state index is 0.0440. The van der Waals surface area contributed by atoms with Crippen LogP contribution in [-0.2, 0) is 21.1 Å². The molecule has 1 N–H and O–H groups in total. The van der Waals surface area contributed by atoms with E-state index in [0.717, 1.165) is 33.7 Å². The van der Waals surface area contributed by atoms with E-state index in [-0.39, 0.29) is 12.3 Å². The molecule has 0 unspecified atom stereocenters. The highest BCUT2D eigenvalue weighted by Crippen LogP contribution is 2.17. The van der Waals surface area contributed by atoms with Crippen molar-refractivity contribution in [2.75, 3.05) is 7.11 Å². The summed E-state index contributed by atoms with van der Waals surface area (Å²) in [5, 5.41) is 15.1. The average molecular weight is 398 g/mol. The van der Waals surface area contributed by atoms with Crippen LogP contribution >= 0.6 is 0 Å². The number of hydrogen-bond acceptors (Lipinski definition) is 6. The molecule has 2 aromatic carbocycles. The number of hydrogen-bond donors (Lipinski definition) is 1. The number of aryl methyl sites for hydroxylation is 1. The first-order valence-corrected chi connectivity index (χ1v) is 8.88. The Morgan fingerprint density at radius 1 is 1.00 bits per heavy atom. The number of rotatable bonds is 7. The zero-order valence-electron chi connectivity index (χ0n) is 17.3. The predicted molar refractivity (Wildman–Crippen MR) is 113 cm³/mol. The van der Waals surface area contributed by atoms with Gasteiger partial charge in [0, 0.05) is 16.7 Å². The van der Waals surface area contributed by atoms with Crippen LogP contribution in [0.2, 0.25) is 0 Å². The molecule has 29 heavy (non-hydrogen) atoms. The molecular formula is C22H26N2O5. The van der Waals surface area contributed by atoms with Gasteiger partial charge in [-0.2, -0.15) is 0 Å². The number of oxime groups is 2. The molecule has 2 rings (SSSR count). The standard InChI is InChI=1S/C21H24N2O3.CH2O2/c1-14-7-6-8-20(16(3)22-25-5)21(14)13-26-23-15(2)18-9-11-19(12-10-18)17(4)24;2-1-3/h6-12H,13H2,1-5H3;1H,(H,2,3)/b22-16-,23-15+;. The van der Waals surface area contributed by atoms with Crippen molar-refractivity contribution in [2.45, 2.75) is 34.3 Å². The van der Waals surface area contributed by atoms with Crippen LogP contribution in [0.4, 0.5) is 0 Å². The first-order valence-electron chi connectivity index (χ1n) is 8.88. The Morgan fingerprint density at radius 3 is 2.14 bits per heavy atom. The fraction of sp³-hybridized carbons (Fsp3) is 0.273. The lowest BCUT2D eigenvalue weighted by Gasteiger charge is -2.11. The van der Waals surface area contributed by atoms with Crippen molar-refractivity contribution in [3.8, 4) is 0 Å². The first kappa shape index (κ1) is 23.6. The molecule has 154 valence electrons. The minimum atomic E-state index is -0.250. The molecule has 0 bridgehead atoms. The minimum Gasteiger partial charge on any atom is -0.483 e. The summed E-state index contributed by atoms with van der Waals surface area (Å²) in [7, 11) is 1.53. The fourth-order valence-electron chi connectivity index (χ4n) is 2.61. The maximum atomic E-state index is 11.3. The van der Waals surface area contributed by atoms with Gasteiger partial charge < -0.3 is 14.8 Å². The van der Waals surface area contributed by atoms with Gasteiger partial charge in [0.1, 0.15) is 13.7 Å². The number of carbonyl (C=O) groups is 2. The van der Waals surface area contributed by atoms with E-state index in [9.17, 15) is 4.79 Å². The quantitative estimate of drug-likeness (QED) is 0.326. The maximum Gasteiger partial charge on any atom is 0.290 e. The summed E-state index contributed by atoms with van der Waals surface area (Å²) in [5.41, 5.74) is 6.23. The van der Waals surface area contributed by atoms with Crippen LogP contribution in [-0.4, -0.2) is 35.9 Å². The van der Waals surface area contributed by atoms with E-state index in [1.807, 2.05) is 51.1 Å². The molecule has 0 aromatic heterocycles. The molecule has 0 aliphatic heterocycles. The maximum absolute atomic E-state index is 11.3. The van der Waals surface area contributed by atoms with Crippen LogP contribution in [0.15, 0.2) is 52.8 Å². The summed E-state index contributed by atoms with van der Waals surface area (Å²) < 4.78 is 0. The molecule has 0 atom stereocenters. The smallest absolute Gasteiger partial charge is 0.290 e. The Labute approximate surface area is 170 Å². The van der Waals surface area contributed by atoms with Crippen LogP contribution in [0.3, 0.4) is 0 Å². The normalized spacial score (nSPS) is 11.2. The summed E-state index contributed by atoms with van der Waals surface area (Å²) in [6, 6.07) is 13.3. The average Bonchev–Trinajstić information content (AvgIpc) is 2.69. The van der Waals surface area contributed by atoms with E-state index in [1.165, 1.54) is 7.11 Å². The largest absolute Gasteiger partial charge is 0.483 e. The van der Waals surface area contributed by atoms with Gasteiger partial charge in [0.2, 0.25) is 0 Å². The van der Waals surface area contributed by atoms with Crippen LogP contribution in [0.5, 0.6) is 0 Å². The van der Waals surface area contributed by atoms with Crippen molar-refractivity contribution >= 4 is 23.7 Å². The molecule has 0 aliphatic rings. The van der Waals surface area contributed by atoms with Gasteiger partial charge in [0.25, 0.3) is 6.47 Å². The van der Waals surface area contributed by atoms with Crippen LogP contribution < -0.4 is 0 Å². The highest BCUT2D eigenvalue weighted by molar-refractivity contribution is 6.00. The number of ketones is 1. The van der Waals surface area contributed by atoms with E-state index < -0.39 is 0 Å². The third-order valence-corrected chi connectivity index (χ3v) is 4.15. The molecule has 2 aromatic rings. The topological polar surface area (TPSA) is 97.5 Å². The third-order valence-electron chi connectivity index (χ3n) is 4.15. The van der Waals surface area contributed by atoms with Crippen LogP contribution in [0, 0.1) is 6.92 Å². The lowest BCUT2D eigenvalue weighted by Crippen LogP contribution is -2.05. The fourth-order valence-corrected chi connectivity index (χ4v) is 2.61. The number of Topliss-reactive ketones (excluding diaryl/α,β-unsaturated/α-hetero) is 1. The van der Waals surface area contributed by atoms with Crippen molar-refractivity contribution in [1.82, 2.24) is 0 Å². The number of nitrogens with zero attached hydrogens (tertiary/aromatic N) is 2. The molecule has 7 heteroatoms. The van der Waals surface area contributed by atoms with E-state index in [4.69, 9.17) is 19.6 Å². The van der Waals surface area contributed by atoms with E-state index in [2.05, 4.69) is 10.3 Å². The van der Waals surface area contributed by atoms with Gasteiger partial charge in [-0.05, 0) is 38.8 Å². The molecule has 0 saturated carbocycles. The Bertz CT molecular complexity index is 887. The van der Waals surface area contributed by atoms with Crippen molar-refractivity contribution in [2.24, 2.45) is 10.3 Å². The monoisotopic (exact) mass is 398 g/mol. The molecule has 7 nitrogen and oxygen atoms in total. The zero-order chi connectivity index (χ0) is 21.8. The summed E-state index contributed by atoms with van der Waals surface area (Å²) in [6.45, 7) is 7.43. The molecular weight excluding hydrogens is 372 g/mol. The summed E-state index contributed by atoms with van der Waals surface area (Å²) >= 11 is 0. The molecule has 0 heterocycles. The summed E-state index contributed by atoms with van der Waals surface area (Å²) in [6.07, 6.45) is 0. The Hall–Kier alpha value is -3.48. The van der Waals surface area contributed by atoms with Crippen molar-refractivity contribution < 1.29 is 24.4 Å². The second-order valence-corrected chi connectivity index (χ2v) is 6.15. The molecule has 0 amide bonds. The Morgan fingerprint density at radius 2 is 1.59 bits per heavy atom. The van der Waals surface area contributed by atoms with Crippen molar-refractivity contribution in [3.05, 3.63) is 70.3 Å². The molecule has 0 spiro atoms. The number of benzene rings is 2. The van der Waals surface area contributed by atoms with Crippen LogP contribution in [0.1, 0.15) is 53.4 Å². The molecule has 0 fully saturated rings. The summed E-state index contributed by atoms with van der Waals surface area (Å²) in [4.78, 5) is 30.2. The number of carbonyl (C=O) groups excluding carboxylic acids is 1. The number of carboxylic acid groups (broad SMARTS) is 1. The Balaban J connectivity index is 0.00000132. The highest BCUT2D eigenvalue weighted by Gasteiger charge is 2.10. The lowest BCUT2D eigenvalue weighted by molar-refractivity contribution is -0.122. The third kappa shape index (κ3) is 7.21. The van der Waals surface area contributed by atoms with Gasteiger partial charge in [-0.25, -0.2) is 0 Å². The van der Waals surface area contributed by atoms with E-state index in [1.54, 1.807) is 19.1 Å². The SMILES string of the molecule is CO/N=C(/C)c1cccc(C)c1CO/N=C(\C)c1ccc(C(C)=O)cc1.O=CO. The van der Waals surface area contributed by atoms with E-state index >= 15 is 0 Å². The zero-order valence-corrected chi connectivity index (χ0v) is 17.3. The second-order valence-electron chi connectivity index (χ2n) is 6.15. The Kier molecular flexibility index (Phi) is 9.81. The van der Waals surface area contributed by atoms with Crippen molar-refractivity contribution in [1.29, 1.82) is 0 Å². The molecule has 0 saturated heterocycles. The molecule has 0 radical (unpaired) electrons. The van der Waals surface area contributed by atoms with Gasteiger partial charge >= 0.3 is 0 Å². The van der Waals surface area contributed by atoms with Crippen LogP contribution in [0.25, 0.3) is 0 Å². The van der Waals surface area contributed by atoms with Gasteiger partial charge in [-0.3, -0.25) is 9.59 Å². The lowest BCUT2D eigenvalue weighted by atomic mass is 10.00. The summed E-state index contributed by atoms with van der Waals surface area (Å²) in [5.74, 6) is 0.0440. The van der Waals surface area contributed by atoms with Gasteiger partial charge in [0.05, 0.1) is 11.4 Å². The van der Waals surface area contributed by atoms with Crippen molar-refractivity contribution in [3.63, 3.8) is 0 Å². The second kappa shape index (κ2) is 12.1.